The summed E-state index contributed by atoms with van der Waals surface area (Å²) in [5.41, 5.74) is 0.0757. The third-order valence-electron chi connectivity index (χ3n) is 1.93. The van der Waals surface area contributed by atoms with Gasteiger partial charge in [0.25, 0.3) is 0 Å². The van der Waals surface area contributed by atoms with Crippen LogP contribution in [0.15, 0.2) is 18.2 Å². The summed E-state index contributed by atoms with van der Waals surface area (Å²) in [7, 11) is 1.57. The van der Waals surface area contributed by atoms with Crippen molar-refractivity contribution in [3.63, 3.8) is 0 Å². The third-order valence-corrected chi connectivity index (χ3v) is 1.93. The number of urea groups is 1. The SMILES string of the molecule is COCCCNC(=O)Nc1cc(F)cc(F)c1. The quantitative estimate of drug-likeness (QED) is 0.779. The second-order valence-electron chi connectivity index (χ2n) is 3.39. The molecule has 0 aliphatic rings. The predicted octanol–water partition coefficient (Wildman–Crippen LogP) is 2.12. The van der Waals surface area contributed by atoms with E-state index in [0.717, 1.165) is 18.2 Å². The van der Waals surface area contributed by atoms with Crippen molar-refractivity contribution < 1.29 is 18.3 Å². The van der Waals surface area contributed by atoms with E-state index in [1.807, 2.05) is 0 Å². The molecule has 0 unspecified atom stereocenters. The highest BCUT2D eigenvalue weighted by Gasteiger charge is 2.04. The summed E-state index contributed by atoms with van der Waals surface area (Å²) in [6.45, 7) is 0.965. The first kappa shape index (κ1) is 13.4. The van der Waals surface area contributed by atoms with Crippen LogP contribution < -0.4 is 10.6 Å². The van der Waals surface area contributed by atoms with Crippen LogP contribution in [-0.2, 0) is 4.74 Å². The fourth-order valence-electron chi connectivity index (χ4n) is 1.22. The number of benzene rings is 1. The number of halogens is 2. The maximum atomic E-state index is 12.8. The molecule has 0 bridgehead atoms. The Morgan fingerprint density at radius 2 is 1.94 bits per heavy atom. The van der Waals surface area contributed by atoms with Gasteiger partial charge in [-0.1, -0.05) is 0 Å². The van der Waals surface area contributed by atoms with Crippen molar-refractivity contribution in [2.24, 2.45) is 0 Å². The number of carbonyl (C=O) groups excluding carboxylic acids is 1. The van der Waals surface area contributed by atoms with Gasteiger partial charge in [-0.15, -0.1) is 0 Å². The summed E-state index contributed by atoms with van der Waals surface area (Å²) in [6.07, 6.45) is 0.668. The molecule has 0 heterocycles. The molecule has 1 aromatic carbocycles. The van der Waals surface area contributed by atoms with E-state index >= 15 is 0 Å². The second kappa shape index (κ2) is 6.80. The smallest absolute Gasteiger partial charge is 0.319 e. The fraction of sp³-hybridized carbons (Fsp3) is 0.364. The highest BCUT2D eigenvalue weighted by molar-refractivity contribution is 5.89. The summed E-state index contributed by atoms with van der Waals surface area (Å²) < 4.78 is 30.4. The molecule has 2 amide bonds. The lowest BCUT2D eigenvalue weighted by atomic mass is 10.3. The average Bonchev–Trinajstić information content (AvgIpc) is 2.23. The zero-order chi connectivity index (χ0) is 12.7. The molecule has 1 aromatic rings. The Balaban J connectivity index is 2.39. The minimum atomic E-state index is -0.736. The van der Waals surface area contributed by atoms with Crippen molar-refractivity contribution in [3.05, 3.63) is 29.8 Å². The fourth-order valence-corrected chi connectivity index (χ4v) is 1.22. The number of anilines is 1. The molecule has 0 aliphatic heterocycles. The van der Waals surface area contributed by atoms with Crippen LogP contribution in [0.5, 0.6) is 0 Å². The number of nitrogens with one attached hydrogen (secondary N) is 2. The molecule has 0 aliphatic carbocycles. The molecule has 2 N–H and O–H groups in total. The number of rotatable bonds is 5. The molecule has 4 nitrogen and oxygen atoms in total. The first-order chi connectivity index (χ1) is 8.11. The number of amides is 2. The number of hydrogen-bond acceptors (Lipinski definition) is 2. The summed E-state index contributed by atoms with van der Waals surface area (Å²) in [4.78, 5) is 11.3. The van der Waals surface area contributed by atoms with Crippen molar-refractivity contribution >= 4 is 11.7 Å². The molecule has 0 atom stereocenters. The van der Waals surface area contributed by atoms with Crippen molar-refractivity contribution in [2.45, 2.75) is 6.42 Å². The van der Waals surface area contributed by atoms with Crippen LogP contribution in [0.4, 0.5) is 19.3 Å². The summed E-state index contributed by atoms with van der Waals surface area (Å²) in [5.74, 6) is -1.47. The van der Waals surface area contributed by atoms with Gasteiger partial charge in [0.1, 0.15) is 11.6 Å². The summed E-state index contributed by atoms with van der Waals surface area (Å²) in [6, 6.07) is 2.31. The van der Waals surface area contributed by atoms with Crippen LogP contribution in [0.25, 0.3) is 0 Å². The molecule has 17 heavy (non-hydrogen) atoms. The minimum Gasteiger partial charge on any atom is -0.385 e. The molecule has 0 fully saturated rings. The standard InChI is InChI=1S/C11H14F2N2O2/c1-17-4-2-3-14-11(16)15-10-6-8(12)5-9(13)7-10/h5-7H,2-4H2,1H3,(H2,14,15,16). The Morgan fingerprint density at radius 3 is 2.53 bits per heavy atom. The van der Waals surface area contributed by atoms with Gasteiger partial charge in [-0.25, -0.2) is 13.6 Å². The molecule has 1 rings (SSSR count). The normalized spacial score (nSPS) is 10.1. The van der Waals surface area contributed by atoms with Crippen molar-refractivity contribution in [1.82, 2.24) is 5.32 Å². The molecular formula is C11H14F2N2O2. The monoisotopic (exact) mass is 244 g/mol. The van der Waals surface area contributed by atoms with Gasteiger partial charge in [0, 0.05) is 32.0 Å². The van der Waals surface area contributed by atoms with E-state index in [-0.39, 0.29) is 5.69 Å². The van der Waals surface area contributed by atoms with Crippen LogP contribution in [0.2, 0.25) is 0 Å². The van der Waals surface area contributed by atoms with Gasteiger partial charge in [-0.05, 0) is 18.6 Å². The van der Waals surface area contributed by atoms with E-state index < -0.39 is 17.7 Å². The molecule has 0 saturated carbocycles. The molecule has 94 valence electrons. The third kappa shape index (κ3) is 5.26. The predicted molar refractivity (Wildman–Crippen MR) is 59.9 cm³/mol. The van der Waals surface area contributed by atoms with Crippen LogP contribution in [0.3, 0.4) is 0 Å². The van der Waals surface area contributed by atoms with E-state index in [9.17, 15) is 13.6 Å². The van der Waals surface area contributed by atoms with Crippen LogP contribution >= 0.6 is 0 Å². The maximum Gasteiger partial charge on any atom is 0.319 e. The van der Waals surface area contributed by atoms with Gasteiger partial charge in [0.15, 0.2) is 0 Å². The Bertz CT molecular complexity index is 365. The van der Waals surface area contributed by atoms with Crippen molar-refractivity contribution in [3.8, 4) is 0 Å². The Kier molecular flexibility index (Phi) is 5.35. The molecule has 0 spiro atoms. The van der Waals surface area contributed by atoms with Gasteiger partial charge >= 0.3 is 6.03 Å². The van der Waals surface area contributed by atoms with Crippen LogP contribution in [-0.4, -0.2) is 26.3 Å². The largest absolute Gasteiger partial charge is 0.385 e. The van der Waals surface area contributed by atoms with E-state index in [4.69, 9.17) is 4.74 Å². The summed E-state index contributed by atoms with van der Waals surface area (Å²) in [5, 5.41) is 4.86. The van der Waals surface area contributed by atoms with Gasteiger partial charge in [0.2, 0.25) is 0 Å². The zero-order valence-electron chi connectivity index (χ0n) is 9.43. The van der Waals surface area contributed by atoms with Crippen LogP contribution in [0.1, 0.15) is 6.42 Å². The van der Waals surface area contributed by atoms with E-state index in [1.165, 1.54) is 0 Å². The Hall–Kier alpha value is -1.69. The highest BCUT2D eigenvalue weighted by atomic mass is 19.1. The van der Waals surface area contributed by atoms with Crippen molar-refractivity contribution in [1.29, 1.82) is 0 Å². The summed E-state index contributed by atoms with van der Waals surface area (Å²) >= 11 is 0. The molecule has 0 saturated heterocycles. The molecule has 0 aromatic heterocycles. The first-order valence-corrected chi connectivity index (χ1v) is 5.11. The van der Waals surface area contributed by atoms with E-state index in [0.29, 0.717) is 19.6 Å². The first-order valence-electron chi connectivity index (χ1n) is 5.11. The molecule has 0 radical (unpaired) electrons. The second-order valence-corrected chi connectivity index (χ2v) is 3.39. The Labute approximate surface area is 98.0 Å². The number of hydrogen-bond donors (Lipinski definition) is 2. The Morgan fingerprint density at radius 1 is 1.29 bits per heavy atom. The van der Waals surface area contributed by atoms with E-state index in [2.05, 4.69) is 10.6 Å². The topological polar surface area (TPSA) is 50.4 Å². The van der Waals surface area contributed by atoms with E-state index in [1.54, 1.807) is 7.11 Å². The van der Waals surface area contributed by atoms with Crippen LogP contribution in [0, 0.1) is 11.6 Å². The lowest BCUT2D eigenvalue weighted by Crippen LogP contribution is -2.30. The lowest BCUT2D eigenvalue weighted by Gasteiger charge is -2.07. The number of ether oxygens (including phenoxy) is 1. The van der Waals surface area contributed by atoms with Crippen molar-refractivity contribution in [2.75, 3.05) is 25.6 Å². The van der Waals surface area contributed by atoms with Gasteiger partial charge in [-0.3, -0.25) is 0 Å². The molecular weight excluding hydrogens is 230 g/mol. The van der Waals surface area contributed by atoms with Gasteiger partial charge in [-0.2, -0.15) is 0 Å². The van der Waals surface area contributed by atoms with Gasteiger partial charge < -0.3 is 15.4 Å². The maximum absolute atomic E-state index is 12.8. The number of carbonyl (C=O) groups is 1. The minimum absolute atomic E-state index is 0.0757. The average molecular weight is 244 g/mol. The van der Waals surface area contributed by atoms with Gasteiger partial charge in [0.05, 0.1) is 0 Å². The molecule has 6 heteroatoms. The lowest BCUT2D eigenvalue weighted by molar-refractivity contribution is 0.194. The number of methoxy groups -OCH3 is 1. The highest BCUT2D eigenvalue weighted by Crippen LogP contribution is 2.12. The zero-order valence-corrected chi connectivity index (χ0v) is 9.43.